The first-order valence-electron chi connectivity index (χ1n) is 9.19. The number of rotatable bonds is 4. The van der Waals surface area contributed by atoms with Crippen molar-refractivity contribution in [3.63, 3.8) is 0 Å². The zero-order chi connectivity index (χ0) is 20.2. The molecule has 0 aromatic heterocycles. The molecule has 0 aliphatic rings. The summed E-state index contributed by atoms with van der Waals surface area (Å²) in [4.78, 5) is 25.1. The van der Waals surface area contributed by atoms with E-state index in [-0.39, 0.29) is 11.5 Å². The van der Waals surface area contributed by atoms with Crippen molar-refractivity contribution < 1.29 is 19.1 Å². The summed E-state index contributed by atoms with van der Waals surface area (Å²) >= 11 is 0. The molecular weight excluding hydrogens is 364 g/mol. The predicted molar refractivity (Wildman–Crippen MR) is 111 cm³/mol. The van der Waals surface area contributed by atoms with E-state index >= 15 is 0 Å². The summed E-state index contributed by atoms with van der Waals surface area (Å²) in [6, 6.07) is 26.6. The number of benzene rings is 4. The van der Waals surface area contributed by atoms with Crippen LogP contribution in [-0.4, -0.2) is 11.9 Å². The third-order valence-corrected chi connectivity index (χ3v) is 4.59. The highest BCUT2D eigenvalue weighted by Crippen LogP contribution is 2.35. The van der Waals surface area contributed by atoms with Gasteiger partial charge < -0.3 is 9.47 Å². The number of hydrogen-bond donors (Lipinski definition) is 0. The molecular formula is C25H18O4. The van der Waals surface area contributed by atoms with E-state index in [1.165, 1.54) is 0 Å². The van der Waals surface area contributed by atoms with E-state index in [0.717, 1.165) is 16.3 Å². The maximum Gasteiger partial charge on any atom is 0.343 e. The second-order valence-corrected chi connectivity index (χ2v) is 6.61. The monoisotopic (exact) mass is 382 g/mol. The van der Waals surface area contributed by atoms with Gasteiger partial charge in [-0.1, -0.05) is 54.6 Å². The highest BCUT2D eigenvalue weighted by molar-refractivity contribution is 5.96. The smallest absolute Gasteiger partial charge is 0.343 e. The molecule has 0 aliphatic carbocycles. The van der Waals surface area contributed by atoms with Gasteiger partial charge in [0, 0.05) is 0 Å². The first kappa shape index (κ1) is 18.4. The van der Waals surface area contributed by atoms with Gasteiger partial charge in [-0.3, -0.25) is 0 Å². The molecule has 0 aliphatic heterocycles. The lowest BCUT2D eigenvalue weighted by molar-refractivity contribution is 0.0683. The van der Waals surface area contributed by atoms with Crippen molar-refractivity contribution in [2.75, 3.05) is 0 Å². The lowest BCUT2D eigenvalue weighted by atomic mass is 10.0. The van der Waals surface area contributed by atoms with Crippen LogP contribution >= 0.6 is 0 Å². The first-order chi connectivity index (χ1) is 14.1. The van der Waals surface area contributed by atoms with E-state index in [1.807, 2.05) is 37.3 Å². The third-order valence-electron chi connectivity index (χ3n) is 4.59. The van der Waals surface area contributed by atoms with E-state index in [1.54, 1.807) is 60.7 Å². The summed E-state index contributed by atoms with van der Waals surface area (Å²) in [5, 5.41) is 1.81. The topological polar surface area (TPSA) is 52.6 Å². The van der Waals surface area contributed by atoms with Crippen LogP contribution in [0.4, 0.5) is 0 Å². The Morgan fingerprint density at radius 3 is 1.69 bits per heavy atom. The Kier molecular flexibility index (Phi) is 5.08. The van der Waals surface area contributed by atoms with Crippen molar-refractivity contribution in [2.45, 2.75) is 6.92 Å². The van der Waals surface area contributed by atoms with Gasteiger partial charge in [0.15, 0.2) is 11.5 Å². The van der Waals surface area contributed by atoms with Crippen LogP contribution in [0, 0.1) is 6.92 Å². The summed E-state index contributed by atoms with van der Waals surface area (Å²) in [5.74, 6) is -0.642. The molecule has 0 atom stereocenters. The van der Waals surface area contributed by atoms with Gasteiger partial charge in [-0.05, 0) is 59.7 Å². The van der Waals surface area contributed by atoms with Crippen LogP contribution < -0.4 is 9.47 Å². The molecule has 29 heavy (non-hydrogen) atoms. The molecule has 0 amide bonds. The molecule has 0 unspecified atom stereocenters. The molecule has 0 radical (unpaired) electrons. The highest BCUT2D eigenvalue weighted by Gasteiger charge is 2.18. The molecule has 4 nitrogen and oxygen atoms in total. The van der Waals surface area contributed by atoms with Crippen molar-refractivity contribution in [3.05, 3.63) is 108 Å². The maximum absolute atomic E-state index is 12.6. The maximum atomic E-state index is 12.6. The van der Waals surface area contributed by atoms with Crippen LogP contribution in [0.15, 0.2) is 91.0 Å². The average Bonchev–Trinajstić information content (AvgIpc) is 2.76. The molecule has 0 bridgehead atoms. The van der Waals surface area contributed by atoms with Crippen LogP contribution in [0.5, 0.6) is 11.5 Å². The fourth-order valence-corrected chi connectivity index (χ4v) is 3.07. The van der Waals surface area contributed by atoms with E-state index in [4.69, 9.17) is 9.47 Å². The van der Waals surface area contributed by atoms with E-state index in [0.29, 0.717) is 11.1 Å². The Balaban J connectivity index is 1.74. The third kappa shape index (κ3) is 4.01. The van der Waals surface area contributed by atoms with Crippen LogP contribution in [-0.2, 0) is 0 Å². The summed E-state index contributed by atoms with van der Waals surface area (Å²) in [6.07, 6.45) is 0. The Morgan fingerprint density at radius 2 is 1.14 bits per heavy atom. The number of carbonyl (C=O) groups excluding carboxylic acids is 2. The number of esters is 2. The minimum atomic E-state index is -0.519. The van der Waals surface area contributed by atoms with Gasteiger partial charge in [0.2, 0.25) is 0 Å². The van der Waals surface area contributed by atoms with Gasteiger partial charge in [0.1, 0.15) is 0 Å². The fourth-order valence-electron chi connectivity index (χ4n) is 3.07. The normalized spacial score (nSPS) is 10.5. The van der Waals surface area contributed by atoms with Crippen molar-refractivity contribution in [3.8, 4) is 11.5 Å². The van der Waals surface area contributed by atoms with Crippen molar-refractivity contribution in [2.24, 2.45) is 0 Å². The molecule has 142 valence electrons. The first-order valence-corrected chi connectivity index (χ1v) is 9.19. The van der Waals surface area contributed by atoms with E-state index in [9.17, 15) is 9.59 Å². The summed E-state index contributed by atoms with van der Waals surface area (Å²) < 4.78 is 11.2. The number of fused-ring (bicyclic) bond motifs is 1. The zero-order valence-corrected chi connectivity index (χ0v) is 15.8. The average molecular weight is 382 g/mol. The SMILES string of the molecule is Cc1cccc2cc(OC(=O)c3ccccc3)c(OC(=O)c3ccccc3)cc12. The Hall–Kier alpha value is -3.92. The second-order valence-electron chi connectivity index (χ2n) is 6.61. The molecule has 4 aromatic rings. The van der Waals surface area contributed by atoms with Crippen LogP contribution in [0.1, 0.15) is 26.3 Å². The zero-order valence-electron chi connectivity index (χ0n) is 15.8. The van der Waals surface area contributed by atoms with Crippen LogP contribution in [0.25, 0.3) is 10.8 Å². The molecule has 0 spiro atoms. The lowest BCUT2D eigenvalue weighted by Crippen LogP contribution is -2.12. The number of carbonyl (C=O) groups is 2. The number of aryl methyl sites for hydroxylation is 1. The van der Waals surface area contributed by atoms with Gasteiger partial charge in [0.25, 0.3) is 0 Å². The number of ether oxygens (including phenoxy) is 2. The summed E-state index contributed by atoms with van der Waals surface area (Å²) in [7, 11) is 0. The minimum Gasteiger partial charge on any atom is -0.419 e. The Labute approximate surface area is 168 Å². The summed E-state index contributed by atoms with van der Waals surface area (Å²) in [5.41, 5.74) is 1.86. The Bertz CT molecular complexity index is 1180. The molecule has 0 saturated carbocycles. The molecule has 0 N–H and O–H groups in total. The van der Waals surface area contributed by atoms with Crippen molar-refractivity contribution >= 4 is 22.7 Å². The molecule has 4 aromatic carbocycles. The largest absolute Gasteiger partial charge is 0.419 e. The van der Waals surface area contributed by atoms with E-state index < -0.39 is 11.9 Å². The lowest BCUT2D eigenvalue weighted by Gasteiger charge is -2.13. The highest BCUT2D eigenvalue weighted by atomic mass is 16.6. The summed E-state index contributed by atoms with van der Waals surface area (Å²) in [6.45, 7) is 1.97. The van der Waals surface area contributed by atoms with Gasteiger partial charge >= 0.3 is 11.9 Å². The minimum absolute atomic E-state index is 0.196. The molecule has 0 saturated heterocycles. The van der Waals surface area contributed by atoms with Gasteiger partial charge in [-0.2, -0.15) is 0 Å². The second kappa shape index (κ2) is 7.98. The fraction of sp³-hybridized carbons (Fsp3) is 0.0400. The molecule has 0 fully saturated rings. The molecule has 0 heterocycles. The van der Waals surface area contributed by atoms with Gasteiger partial charge in [-0.25, -0.2) is 9.59 Å². The predicted octanol–water partition coefficient (Wildman–Crippen LogP) is 5.59. The Morgan fingerprint density at radius 1 is 0.621 bits per heavy atom. The molecule has 4 rings (SSSR count). The van der Waals surface area contributed by atoms with E-state index in [2.05, 4.69) is 0 Å². The van der Waals surface area contributed by atoms with Crippen LogP contribution in [0.3, 0.4) is 0 Å². The van der Waals surface area contributed by atoms with Gasteiger partial charge in [0.05, 0.1) is 11.1 Å². The van der Waals surface area contributed by atoms with Crippen LogP contribution in [0.2, 0.25) is 0 Å². The van der Waals surface area contributed by atoms with Gasteiger partial charge in [-0.15, -0.1) is 0 Å². The molecule has 4 heteroatoms. The standard InChI is InChI=1S/C25H18O4/c1-17-9-8-14-20-15-22(28-24(26)18-10-4-2-5-11-18)23(16-21(17)20)29-25(27)19-12-6-3-7-13-19/h2-16H,1H3. The van der Waals surface area contributed by atoms with Crippen molar-refractivity contribution in [1.82, 2.24) is 0 Å². The quantitative estimate of drug-likeness (QED) is 0.341. The van der Waals surface area contributed by atoms with Crippen molar-refractivity contribution in [1.29, 1.82) is 0 Å². The number of hydrogen-bond acceptors (Lipinski definition) is 4.